The van der Waals surface area contributed by atoms with Crippen molar-refractivity contribution in [3.63, 3.8) is 0 Å². The van der Waals surface area contributed by atoms with E-state index in [9.17, 15) is 9.59 Å². The van der Waals surface area contributed by atoms with E-state index in [-0.39, 0.29) is 17.2 Å². The normalized spacial score (nSPS) is 14.4. The van der Waals surface area contributed by atoms with Crippen LogP contribution < -0.4 is 10.6 Å². The van der Waals surface area contributed by atoms with Crippen molar-refractivity contribution in [2.24, 2.45) is 0 Å². The highest BCUT2D eigenvalue weighted by Crippen LogP contribution is 2.23. The molecule has 0 radical (unpaired) electrons. The van der Waals surface area contributed by atoms with Gasteiger partial charge in [-0.25, -0.2) is 0 Å². The van der Waals surface area contributed by atoms with Gasteiger partial charge in [-0.1, -0.05) is 51.1 Å². The molecule has 0 unspecified atom stereocenters. The molecule has 182 valence electrons. The Bertz CT molecular complexity index is 1180. The minimum atomic E-state index is -0.190. The topological polar surface area (TPSA) is 70.7 Å². The van der Waals surface area contributed by atoms with Gasteiger partial charge in [0.15, 0.2) is 0 Å². The lowest BCUT2D eigenvalue weighted by Crippen LogP contribution is -2.35. The van der Waals surface area contributed by atoms with Gasteiger partial charge in [-0.2, -0.15) is 0 Å². The van der Waals surface area contributed by atoms with E-state index in [2.05, 4.69) is 36.3 Å². The van der Waals surface area contributed by atoms with E-state index in [4.69, 9.17) is 4.74 Å². The molecule has 3 aromatic carbocycles. The number of nitrogens with one attached hydrogen (secondary N) is 2. The molecule has 1 fully saturated rings. The summed E-state index contributed by atoms with van der Waals surface area (Å²) in [4.78, 5) is 27.9. The molecule has 35 heavy (non-hydrogen) atoms. The van der Waals surface area contributed by atoms with Crippen LogP contribution in [-0.2, 0) is 16.7 Å². The van der Waals surface area contributed by atoms with Gasteiger partial charge in [0.05, 0.1) is 13.2 Å². The molecule has 1 heterocycles. The van der Waals surface area contributed by atoms with Crippen LogP contribution in [0.5, 0.6) is 0 Å². The SMILES string of the molecule is CC(C)(C)c1ccc(C(=O)Nc2cccc(NC(=O)c3cccc(CN4CCOCC4)c3)c2)cc1. The highest BCUT2D eigenvalue weighted by atomic mass is 16.5. The van der Waals surface area contributed by atoms with Crippen LogP contribution in [0, 0.1) is 0 Å². The fourth-order valence-corrected chi connectivity index (χ4v) is 4.03. The third-order valence-corrected chi connectivity index (χ3v) is 6.09. The van der Waals surface area contributed by atoms with Crippen LogP contribution in [0.1, 0.15) is 52.6 Å². The molecule has 4 rings (SSSR count). The first-order chi connectivity index (χ1) is 16.8. The number of hydrogen-bond acceptors (Lipinski definition) is 4. The van der Waals surface area contributed by atoms with Crippen LogP contribution in [0.2, 0.25) is 0 Å². The highest BCUT2D eigenvalue weighted by Gasteiger charge is 2.15. The molecule has 3 aromatic rings. The second kappa shape index (κ2) is 10.8. The zero-order chi connectivity index (χ0) is 24.8. The van der Waals surface area contributed by atoms with Gasteiger partial charge >= 0.3 is 0 Å². The van der Waals surface area contributed by atoms with Crippen molar-refractivity contribution >= 4 is 23.2 Å². The van der Waals surface area contributed by atoms with E-state index in [1.807, 2.05) is 60.7 Å². The summed E-state index contributed by atoms with van der Waals surface area (Å²) in [6.45, 7) is 10.5. The van der Waals surface area contributed by atoms with Gasteiger partial charge in [0.2, 0.25) is 0 Å². The minimum absolute atomic E-state index is 0.0313. The molecule has 0 atom stereocenters. The van der Waals surface area contributed by atoms with Crippen molar-refractivity contribution in [3.05, 3.63) is 95.1 Å². The first kappa shape index (κ1) is 24.6. The number of morpholine rings is 1. The maximum Gasteiger partial charge on any atom is 0.255 e. The smallest absolute Gasteiger partial charge is 0.255 e. The lowest BCUT2D eigenvalue weighted by molar-refractivity contribution is 0.0342. The molecule has 1 saturated heterocycles. The average molecular weight is 472 g/mol. The lowest BCUT2D eigenvalue weighted by atomic mass is 9.87. The molecule has 0 spiro atoms. The Hall–Kier alpha value is -3.48. The third kappa shape index (κ3) is 6.78. The Labute approximate surface area is 207 Å². The standard InChI is InChI=1S/C29H33N3O3/c1-29(2,3)24-12-10-22(11-13-24)27(33)30-25-8-5-9-26(19-25)31-28(34)23-7-4-6-21(18-23)20-32-14-16-35-17-15-32/h4-13,18-19H,14-17,20H2,1-3H3,(H,30,33)(H,31,34). The minimum Gasteiger partial charge on any atom is -0.379 e. The number of anilines is 2. The first-order valence-electron chi connectivity index (χ1n) is 12.0. The van der Waals surface area contributed by atoms with E-state index in [0.717, 1.165) is 38.4 Å². The predicted molar refractivity (Wildman–Crippen MR) is 140 cm³/mol. The van der Waals surface area contributed by atoms with Crippen LogP contribution in [0.25, 0.3) is 0 Å². The van der Waals surface area contributed by atoms with E-state index >= 15 is 0 Å². The third-order valence-electron chi connectivity index (χ3n) is 6.09. The van der Waals surface area contributed by atoms with Crippen LogP contribution >= 0.6 is 0 Å². The maximum atomic E-state index is 12.9. The molecule has 2 amide bonds. The second-order valence-corrected chi connectivity index (χ2v) is 9.91. The summed E-state index contributed by atoms with van der Waals surface area (Å²) in [7, 11) is 0. The van der Waals surface area contributed by atoms with Gasteiger partial charge in [0.25, 0.3) is 11.8 Å². The van der Waals surface area contributed by atoms with Gasteiger partial charge < -0.3 is 15.4 Å². The number of amides is 2. The molecule has 6 heteroatoms. The number of benzene rings is 3. The van der Waals surface area contributed by atoms with E-state index in [1.54, 1.807) is 12.1 Å². The number of carbonyl (C=O) groups is 2. The molecule has 1 aliphatic rings. The van der Waals surface area contributed by atoms with Crippen LogP contribution in [0.4, 0.5) is 11.4 Å². The fourth-order valence-electron chi connectivity index (χ4n) is 4.03. The molecule has 6 nitrogen and oxygen atoms in total. The largest absolute Gasteiger partial charge is 0.379 e. The zero-order valence-corrected chi connectivity index (χ0v) is 20.6. The Morgan fingerprint density at radius 3 is 2.03 bits per heavy atom. The van der Waals surface area contributed by atoms with Gasteiger partial charge in [-0.3, -0.25) is 14.5 Å². The van der Waals surface area contributed by atoms with Crippen molar-refractivity contribution in [2.75, 3.05) is 36.9 Å². The number of carbonyl (C=O) groups excluding carboxylic acids is 2. The summed E-state index contributed by atoms with van der Waals surface area (Å²) >= 11 is 0. The summed E-state index contributed by atoms with van der Waals surface area (Å²) in [6, 6.07) is 22.5. The number of rotatable bonds is 6. The zero-order valence-electron chi connectivity index (χ0n) is 20.6. The van der Waals surface area contributed by atoms with Crippen molar-refractivity contribution in [3.8, 4) is 0 Å². The molecule has 0 aliphatic carbocycles. The van der Waals surface area contributed by atoms with Gasteiger partial charge in [0.1, 0.15) is 0 Å². The molecule has 1 aliphatic heterocycles. The molecule has 0 saturated carbocycles. The summed E-state index contributed by atoms with van der Waals surface area (Å²) in [5, 5.41) is 5.86. The molecule has 2 N–H and O–H groups in total. The van der Waals surface area contributed by atoms with E-state index < -0.39 is 0 Å². The first-order valence-corrected chi connectivity index (χ1v) is 12.0. The van der Waals surface area contributed by atoms with Crippen LogP contribution in [-0.4, -0.2) is 43.0 Å². The number of nitrogens with zero attached hydrogens (tertiary/aromatic N) is 1. The Kier molecular flexibility index (Phi) is 7.63. The number of hydrogen-bond donors (Lipinski definition) is 2. The van der Waals surface area contributed by atoms with Crippen molar-refractivity contribution < 1.29 is 14.3 Å². The van der Waals surface area contributed by atoms with Gasteiger partial charge in [0, 0.05) is 42.1 Å². The van der Waals surface area contributed by atoms with Gasteiger partial charge in [-0.05, 0) is 59.0 Å². The number of ether oxygens (including phenoxy) is 1. The molecule has 0 aromatic heterocycles. The van der Waals surface area contributed by atoms with E-state index in [1.165, 1.54) is 5.56 Å². The summed E-state index contributed by atoms with van der Waals surface area (Å²) in [6.07, 6.45) is 0. The predicted octanol–water partition coefficient (Wildman–Crippen LogP) is 5.32. The Morgan fingerprint density at radius 1 is 0.800 bits per heavy atom. The monoisotopic (exact) mass is 471 g/mol. The molecular formula is C29H33N3O3. The van der Waals surface area contributed by atoms with Crippen LogP contribution in [0.15, 0.2) is 72.8 Å². The molecular weight excluding hydrogens is 438 g/mol. The van der Waals surface area contributed by atoms with Gasteiger partial charge in [-0.15, -0.1) is 0 Å². The highest BCUT2D eigenvalue weighted by molar-refractivity contribution is 6.06. The average Bonchev–Trinajstić information content (AvgIpc) is 2.84. The van der Waals surface area contributed by atoms with Crippen molar-refractivity contribution in [1.82, 2.24) is 4.90 Å². The summed E-state index contributed by atoms with van der Waals surface area (Å²) < 4.78 is 5.41. The Morgan fingerprint density at radius 2 is 1.40 bits per heavy atom. The Balaban J connectivity index is 1.38. The second-order valence-electron chi connectivity index (χ2n) is 9.91. The summed E-state index contributed by atoms with van der Waals surface area (Å²) in [5.41, 5.74) is 4.73. The quantitative estimate of drug-likeness (QED) is 0.510. The van der Waals surface area contributed by atoms with Crippen LogP contribution in [0.3, 0.4) is 0 Å². The fraction of sp³-hybridized carbons (Fsp3) is 0.310. The maximum absolute atomic E-state index is 12.9. The van der Waals surface area contributed by atoms with Crippen molar-refractivity contribution in [2.45, 2.75) is 32.7 Å². The van der Waals surface area contributed by atoms with E-state index in [0.29, 0.717) is 22.5 Å². The summed E-state index contributed by atoms with van der Waals surface area (Å²) in [5.74, 6) is -0.375. The van der Waals surface area contributed by atoms with Crippen molar-refractivity contribution in [1.29, 1.82) is 0 Å². The lowest BCUT2D eigenvalue weighted by Gasteiger charge is -2.26. The molecule has 0 bridgehead atoms.